The van der Waals surface area contributed by atoms with Gasteiger partial charge in [0.05, 0.1) is 12.7 Å². The summed E-state index contributed by atoms with van der Waals surface area (Å²) in [7, 11) is 0. The van der Waals surface area contributed by atoms with Gasteiger partial charge in [0.2, 0.25) is 0 Å². The first-order chi connectivity index (χ1) is 9.70. The van der Waals surface area contributed by atoms with E-state index in [2.05, 4.69) is 5.32 Å². The maximum Gasteiger partial charge on any atom is 0.251 e. The van der Waals surface area contributed by atoms with Crippen LogP contribution in [-0.2, 0) is 0 Å². The van der Waals surface area contributed by atoms with Crippen LogP contribution in [-0.4, -0.2) is 35.4 Å². The molecule has 0 bridgehead atoms. The van der Waals surface area contributed by atoms with E-state index in [1.165, 1.54) is 0 Å². The van der Waals surface area contributed by atoms with Crippen LogP contribution in [0.25, 0.3) is 11.1 Å². The predicted molar refractivity (Wildman–Crippen MR) is 77.3 cm³/mol. The molecule has 2 aromatic carbocycles. The zero-order valence-corrected chi connectivity index (χ0v) is 11.0. The van der Waals surface area contributed by atoms with Crippen molar-refractivity contribution >= 4 is 5.91 Å². The number of hydrogen-bond acceptors (Lipinski definition) is 3. The minimum atomic E-state index is -0.928. The summed E-state index contributed by atoms with van der Waals surface area (Å²) in [6, 6.07) is 17.1. The summed E-state index contributed by atoms with van der Waals surface area (Å²) in [4.78, 5) is 11.8. The Morgan fingerprint density at radius 3 is 2.20 bits per heavy atom. The second kappa shape index (κ2) is 6.84. The van der Waals surface area contributed by atoms with Crippen molar-refractivity contribution in [2.24, 2.45) is 0 Å². The summed E-state index contributed by atoms with van der Waals surface area (Å²) in [5.74, 6) is -0.267. The first-order valence-corrected chi connectivity index (χ1v) is 6.43. The van der Waals surface area contributed by atoms with E-state index >= 15 is 0 Å². The summed E-state index contributed by atoms with van der Waals surface area (Å²) in [6.07, 6.45) is -0.928. The monoisotopic (exact) mass is 271 g/mol. The number of aliphatic hydroxyl groups excluding tert-OH is 2. The highest BCUT2D eigenvalue weighted by molar-refractivity contribution is 5.94. The fourth-order valence-electron chi connectivity index (χ4n) is 1.82. The van der Waals surface area contributed by atoms with Crippen LogP contribution in [0.1, 0.15) is 10.4 Å². The normalized spacial score (nSPS) is 11.9. The molecule has 3 N–H and O–H groups in total. The lowest BCUT2D eigenvalue weighted by Crippen LogP contribution is -2.33. The maximum absolute atomic E-state index is 11.8. The fourth-order valence-corrected chi connectivity index (χ4v) is 1.82. The van der Waals surface area contributed by atoms with Crippen LogP contribution in [0.4, 0.5) is 0 Å². The first kappa shape index (κ1) is 14.2. The largest absolute Gasteiger partial charge is 0.394 e. The molecule has 4 heteroatoms. The van der Waals surface area contributed by atoms with Crippen molar-refractivity contribution in [3.63, 3.8) is 0 Å². The molecule has 1 unspecified atom stereocenters. The van der Waals surface area contributed by atoms with Gasteiger partial charge in [0.25, 0.3) is 5.91 Å². The summed E-state index contributed by atoms with van der Waals surface area (Å²) in [5, 5.41) is 20.4. The zero-order chi connectivity index (χ0) is 14.4. The van der Waals surface area contributed by atoms with Crippen LogP contribution in [0.5, 0.6) is 0 Å². The van der Waals surface area contributed by atoms with Crippen LogP contribution >= 0.6 is 0 Å². The van der Waals surface area contributed by atoms with Crippen molar-refractivity contribution in [3.05, 3.63) is 60.2 Å². The Kier molecular flexibility index (Phi) is 4.87. The molecular weight excluding hydrogens is 254 g/mol. The number of carbonyl (C=O) groups is 1. The van der Waals surface area contributed by atoms with E-state index in [9.17, 15) is 9.90 Å². The lowest BCUT2D eigenvalue weighted by Gasteiger charge is -2.09. The van der Waals surface area contributed by atoms with E-state index in [-0.39, 0.29) is 19.1 Å². The molecule has 0 aromatic heterocycles. The minimum Gasteiger partial charge on any atom is -0.394 e. The van der Waals surface area contributed by atoms with Crippen LogP contribution < -0.4 is 5.32 Å². The molecule has 2 rings (SSSR count). The Bertz CT molecular complexity index is 552. The van der Waals surface area contributed by atoms with Gasteiger partial charge in [0, 0.05) is 12.1 Å². The van der Waals surface area contributed by atoms with Crippen LogP contribution in [0, 0.1) is 0 Å². The zero-order valence-electron chi connectivity index (χ0n) is 11.0. The van der Waals surface area contributed by atoms with E-state index in [0.717, 1.165) is 11.1 Å². The molecule has 0 aliphatic rings. The van der Waals surface area contributed by atoms with Gasteiger partial charge >= 0.3 is 0 Å². The van der Waals surface area contributed by atoms with Gasteiger partial charge in [0.15, 0.2) is 0 Å². The average Bonchev–Trinajstić information content (AvgIpc) is 2.53. The van der Waals surface area contributed by atoms with E-state index in [1.807, 2.05) is 42.5 Å². The van der Waals surface area contributed by atoms with Crippen molar-refractivity contribution in [1.29, 1.82) is 0 Å². The topological polar surface area (TPSA) is 69.6 Å². The molecular formula is C16H17NO3. The van der Waals surface area contributed by atoms with Crippen LogP contribution in [0.15, 0.2) is 54.6 Å². The van der Waals surface area contributed by atoms with Gasteiger partial charge in [-0.1, -0.05) is 42.5 Å². The predicted octanol–water partition coefficient (Wildman–Crippen LogP) is 1.44. The summed E-state index contributed by atoms with van der Waals surface area (Å²) >= 11 is 0. The number of amides is 1. The van der Waals surface area contributed by atoms with Crippen molar-refractivity contribution in [3.8, 4) is 11.1 Å². The van der Waals surface area contributed by atoms with Gasteiger partial charge < -0.3 is 15.5 Å². The van der Waals surface area contributed by atoms with Gasteiger partial charge in [-0.15, -0.1) is 0 Å². The summed E-state index contributed by atoms with van der Waals surface area (Å²) in [6.45, 7) is -0.330. The molecule has 0 fully saturated rings. The van der Waals surface area contributed by atoms with Gasteiger partial charge in [-0.3, -0.25) is 4.79 Å². The molecule has 0 aliphatic carbocycles. The average molecular weight is 271 g/mol. The highest BCUT2D eigenvalue weighted by atomic mass is 16.3. The Balaban J connectivity index is 2.03. The van der Waals surface area contributed by atoms with Crippen molar-refractivity contribution in [2.45, 2.75) is 6.10 Å². The Morgan fingerprint density at radius 2 is 1.60 bits per heavy atom. The standard InChI is InChI=1S/C16H17NO3/c18-11-15(19)10-17-16(20)14-8-6-13(7-9-14)12-4-2-1-3-5-12/h1-9,15,18-19H,10-11H2,(H,17,20). The van der Waals surface area contributed by atoms with Gasteiger partial charge in [-0.25, -0.2) is 0 Å². The van der Waals surface area contributed by atoms with Crippen molar-refractivity contribution < 1.29 is 15.0 Å². The molecule has 104 valence electrons. The minimum absolute atomic E-state index is 0.0375. The van der Waals surface area contributed by atoms with Crippen molar-refractivity contribution in [2.75, 3.05) is 13.2 Å². The molecule has 0 aliphatic heterocycles. The van der Waals surface area contributed by atoms with E-state index < -0.39 is 6.10 Å². The van der Waals surface area contributed by atoms with Crippen LogP contribution in [0.3, 0.4) is 0 Å². The molecule has 4 nitrogen and oxygen atoms in total. The van der Waals surface area contributed by atoms with Gasteiger partial charge in [-0.2, -0.15) is 0 Å². The van der Waals surface area contributed by atoms with Gasteiger partial charge in [0.1, 0.15) is 0 Å². The van der Waals surface area contributed by atoms with E-state index in [1.54, 1.807) is 12.1 Å². The van der Waals surface area contributed by atoms with Crippen molar-refractivity contribution in [1.82, 2.24) is 5.32 Å². The Labute approximate surface area is 117 Å². The molecule has 0 saturated heterocycles. The number of aliphatic hydroxyl groups is 2. The van der Waals surface area contributed by atoms with E-state index in [4.69, 9.17) is 5.11 Å². The maximum atomic E-state index is 11.8. The number of benzene rings is 2. The highest BCUT2D eigenvalue weighted by Gasteiger charge is 2.08. The highest BCUT2D eigenvalue weighted by Crippen LogP contribution is 2.19. The molecule has 20 heavy (non-hydrogen) atoms. The lowest BCUT2D eigenvalue weighted by atomic mass is 10.0. The molecule has 2 aromatic rings. The van der Waals surface area contributed by atoms with Crippen LogP contribution in [0.2, 0.25) is 0 Å². The number of hydrogen-bond donors (Lipinski definition) is 3. The second-order valence-corrected chi connectivity index (χ2v) is 4.49. The number of carbonyl (C=O) groups excluding carboxylic acids is 1. The van der Waals surface area contributed by atoms with Gasteiger partial charge in [-0.05, 0) is 23.3 Å². The SMILES string of the molecule is O=C(NCC(O)CO)c1ccc(-c2ccccc2)cc1. The molecule has 0 spiro atoms. The Morgan fingerprint density at radius 1 is 1.00 bits per heavy atom. The summed E-state index contributed by atoms with van der Waals surface area (Å²) < 4.78 is 0. The molecule has 0 saturated carbocycles. The third-order valence-electron chi connectivity index (χ3n) is 2.96. The Hall–Kier alpha value is -2.17. The third kappa shape index (κ3) is 3.66. The summed E-state index contributed by atoms with van der Waals surface area (Å²) in [5.41, 5.74) is 2.66. The number of nitrogens with one attached hydrogen (secondary N) is 1. The molecule has 1 atom stereocenters. The second-order valence-electron chi connectivity index (χ2n) is 4.49. The lowest BCUT2D eigenvalue weighted by molar-refractivity contribution is 0.0802. The molecule has 1 amide bonds. The fraction of sp³-hybridized carbons (Fsp3) is 0.188. The van der Waals surface area contributed by atoms with E-state index in [0.29, 0.717) is 5.56 Å². The smallest absolute Gasteiger partial charge is 0.251 e. The third-order valence-corrected chi connectivity index (χ3v) is 2.96. The molecule has 0 heterocycles. The first-order valence-electron chi connectivity index (χ1n) is 6.43. The molecule has 0 radical (unpaired) electrons. The quantitative estimate of drug-likeness (QED) is 0.770. The number of rotatable bonds is 5.